The van der Waals surface area contributed by atoms with Crippen LogP contribution in [0.5, 0.6) is 11.5 Å². The van der Waals surface area contributed by atoms with Gasteiger partial charge in [-0.05, 0) is 24.3 Å². The first-order valence-corrected chi connectivity index (χ1v) is 9.78. The fourth-order valence-corrected chi connectivity index (χ4v) is 3.75. The Hall–Kier alpha value is -2.73. The molecule has 0 saturated carbocycles. The van der Waals surface area contributed by atoms with Crippen molar-refractivity contribution in [2.75, 3.05) is 26.0 Å². The van der Waals surface area contributed by atoms with Gasteiger partial charge in [0.2, 0.25) is 5.91 Å². The number of fused-ring (bicyclic) bond motifs is 2. The molecule has 0 radical (unpaired) electrons. The maximum Gasteiger partial charge on any atom is 0.232 e. The van der Waals surface area contributed by atoms with Crippen LogP contribution in [0.15, 0.2) is 65.7 Å². The first-order chi connectivity index (χ1) is 13.2. The number of aromatic nitrogens is 1. The zero-order valence-electron chi connectivity index (χ0n) is 15.0. The van der Waals surface area contributed by atoms with Crippen LogP contribution in [0.3, 0.4) is 0 Å². The van der Waals surface area contributed by atoms with Crippen molar-refractivity contribution in [3.63, 3.8) is 0 Å². The molecule has 2 heterocycles. The van der Waals surface area contributed by atoms with Gasteiger partial charge in [0.05, 0.1) is 22.8 Å². The normalized spacial score (nSPS) is 15.5. The van der Waals surface area contributed by atoms with Gasteiger partial charge in [0, 0.05) is 12.4 Å². The van der Waals surface area contributed by atoms with Crippen LogP contribution in [0.2, 0.25) is 0 Å². The average Bonchev–Trinajstić information content (AvgIpc) is 2.71. The van der Waals surface area contributed by atoms with Crippen LogP contribution in [-0.2, 0) is 4.79 Å². The first kappa shape index (κ1) is 17.7. The Bertz CT molecular complexity index is 963. The molecule has 1 aromatic heterocycles. The Balaban J connectivity index is 1.31. The summed E-state index contributed by atoms with van der Waals surface area (Å²) in [5.74, 6) is 1.86. The molecule has 1 aliphatic heterocycles. The molecule has 0 N–H and O–H groups in total. The van der Waals surface area contributed by atoms with Crippen LogP contribution in [0.1, 0.15) is 0 Å². The van der Waals surface area contributed by atoms with Crippen molar-refractivity contribution < 1.29 is 14.3 Å². The highest BCUT2D eigenvalue weighted by atomic mass is 32.2. The van der Waals surface area contributed by atoms with E-state index in [4.69, 9.17) is 9.47 Å². The number of benzene rings is 2. The van der Waals surface area contributed by atoms with Crippen molar-refractivity contribution >= 4 is 28.6 Å². The van der Waals surface area contributed by atoms with Crippen LogP contribution in [0.4, 0.5) is 0 Å². The molecule has 0 spiro atoms. The molecule has 0 aliphatic carbocycles. The summed E-state index contributed by atoms with van der Waals surface area (Å²) in [6, 6.07) is 19.5. The van der Waals surface area contributed by atoms with E-state index in [0.29, 0.717) is 18.9 Å². The third-order valence-corrected chi connectivity index (χ3v) is 5.30. The van der Waals surface area contributed by atoms with Gasteiger partial charge >= 0.3 is 0 Å². The van der Waals surface area contributed by atoms with Crippen molar-refractivity contribution in [1.82, 2.24) is 9.88 Å². The lowest BCUT2D eigenvalue weighted by atomic mass is 10.2. The van der Waals surface area contributed by atoms with Crippen LogP contribution in [0, 0.1) is 0 Å². The number of amides is 1. The van der Waals surface area contributed by atoms with Crippen molar-refractivity contribution in [3.8, 4) is 11.5 Å². The molecule has 2 aromatic carbocycles. The lowest BCUT2D eigenvalue weighted by molar-refractivity contribution is -0.128. The minimum atomic E-state index is -0.169. The minimum absolute atomic E-state index is 0.0393. The number of ether oxygens (including phenoxy) is 2. The molecule has 5 nitrogen and oxygen atoms in total. The molecule has 0 bridgehead atoms. The van der Waals surface area contributed by atoms with E-state index in [2.05, 4.69) is 4.98 Å². The summed E-state index contributed by atoms with van der Waals surface area (Å²) in [6.45, 7) is 0.923. The summed E-state index contributed by atoms with van der Waals surface area (Å²) in [7, 11) is 1.79. The van der Waals surface area contributed by atoms with E-state index in [1.807, 2.05) is 60.7 Å². The molecule has 27 heavy (non-hydrogen) atoms. The number of hydrogen-bond acceptors (Lipinski definition) is 5. The van der Waals surface area contributed by atoms with E-state index in [9.17, 15) is 4.79 Å². The number of hydrogen-bond donors (Lipinski definition) is 0. The van der Waals surface area contributed by atoms with Crippen LogP contribution < -0.4 is 9.47 Å². The molecular weight excluding hydrogens is 360 g/mol. The lowest BCUT2D eigenvalue weighted by Gasteiger charge is -2.29. The van der Waals surface area contributed by atoms with Gasteiger partial charge in [0.25, 0.3) is 0 Å². The molecular formula is C21H20N2O3S. The number of para-hydroxylation sites is 3. The number of thioether (sulfide) groups is 1. The van der Waals surface area contributed by atoms with Gasteiger partial charge in [-0.15, -0.1) is 0 Å². The van der Waals surface area contributed by atoms with Crippen LogP contribution in [0.25, 0.3) is 10.9 Å². The topological polar surface area (TPSA) is 51.7 Å². The number of carbonyl (C=O) groups is 1. The quantitative estimate of drug-likeness (QED) is 0.633. The van der Waals surface area contributed by atoms with Gasteiger partial charge in [-0.25, -0.2) is 4.98 Å². The number of likely N-dealkylation sites (N-methyl/N-ethyl adjacent to an activating group) is 1. The highest BCUT2D eigenvalue weighted by Crippen LogP contribution is 2.31. The molecule has 1 aliphatic rings. The van der Waals surface area contributed by atoms with Gasteiger partial charge in [0.1, 0.15) is 6.61 Å². The molecule has 6 heteroatoms. The zero-order valence-corrected chi connectivity index (χ0v) is 15.8. The average molecular weight is 380 g/mol. The second kappa shape index (κ2) is 7.88. The van der Waals surface area contributed by atoms with Crippen LogP contribution in [-0.4, -0.2) is 47.8 Å². The Kier molecular flexibility index (Phi) is 5.16. The fraction of sp³-hybridized carbons (Fsp3) is 0.238. The predicted octanol–water partition coefficient (Wildman–Crippen LogP) is 3.63. The van der Waals surface area contributed by atoms with Gasteiger partial charge < -0.3 is 14.4 Å². The monoisotopic (exact) mass is 380 g/mol. The van der Waals surface area contributed by atoms with E-state index in [0.717, 1.165) is 27.4 Å². The summed E-state index contributed by atoms with van der Waals surface area (Å²) in [5, 5.41) is 1.95. The lowest BCUT2D eigenvalue weighted by Crippen LogP contribution is -2.42. The Labute approximate surface area is 162 Å². The standard InChI is InChI=1S/C21H20N2O3S/c1-23(12-16-13-25-18-8-4-5-9-19(18)26-16)21(24)14-27-20-11-10-15-6-2-3-7-17(15)22-20/h2-11,16H,12-14H2,1H3/t16-/m0/s1. The molecule has 0 unspecified atom stereocenters. The van der Waals surface area contributed by atoms with E-state index in [-0.39, 0.29) is 12.0 Å². The molecule has 3 aromatic rings. The first-order valence-electron chi connectivity index (χ1n) is 8.80. The van der Waals surface area contributed by atoms with Gasteiger partial charge in [-0.2, -0.15) is 0 Å². The molecule has 138 valence electrons. The molecule has 4 rings (SSSR count). The highest BCUT2D eigenvalue weighted by molar-refractivity contribution is 7.99. The Morgan fingerprint density at radius 2 is 1.89 bits per heavy atom. The summed E-state index contributed by atoms with van der Waals surface area (Å²) in [6.07, 6.45) is -0.169. The predicted molar refractivity (Wildman–Crippen MR) is 106 cm³/mol. The zero-order chi connectivity index (χ0) is 18.6. The largest absolute Gasteiger partial charge is 0.486 e. The van der Waals surface area contributed by atoms with E-state index >= 15 is 0 Å². The molecule has 1 amide bonds. The van der Waals surface area contributed by atoms with Crippen molar-refractivity contribution in [1.29, 1.82) is 0 Å². The molecule has 0 fully saturated rings. The van der Waals surface area contributed by atoms with E-state index in [1.54, 1.807) is 11.9 Å². The molecule has 0 saturated heterocycles. The van der Waals surface area contributed by atoms with Crippen molar-refractivity contribution in [2.24, 2.45) is 0 Å². The second-order valence-corrected chi connectivity index (χ2v) is 7.40. The maximum absolute atomic E-state index is 12.5. The number of rotatable bonds is 5. The third-order valence-electron chi connectivity index (χ3n) is 4.39. The number of pyridine rings is 1. The van der Waals surface area contributed by atoms with Crippen molar-refractivity contribution in [3.05, 3.63) is 60.7 Å². The summed E-state index contributed by atoms with van der Waals surface area (Å²) < 4.78 is 11.6. The van der Waals surface area contributed by atoms with Gasteiger partial charge in [-0.3, -0.25) is 4.79 Å². The molecule has 1 atom stereocenters. The van der Waals surface area contributed by atoms with Gasteiger partial charge in [0.15, 0.2) is 17.6 Å². The minimum Gasteiger partial charge on any atom is -0.486 e. The Morgan fingerprint density at radius 1 is 1.11 bits per heavy atom. The van der Waals surface area contributed by atoms with E-state index < -0.39 is 0 Å². The smallest absolute Gasteiger partial charge is 0.232 e. The van der Waals surface area contributed by atoms with Crippen molar-refractivity contribution in [2.45, 2.75) is 11.1 Å². The number of carbonyl (C=O) groups excluding carboxylic acids is 1. The fourth-order valence-electron chi connectivity index (χ4n) is 2.93. The second-order valence-electron chi connectivity index (χ2n) is 6.40. The van der Waals surface area contributed by atoms with E-state index in [1.165, 1.54) is 11.8 Å². The highest BCUT2D eigenvalue weighted by Gasteiger charge is 2.23. The van der Waals surface area contributed by atoms with Gasteiger partial charge in [-0.1, -0.05) is 48.2 Å². The maximum atomic E-state index is 12.5. The summed E-state index contributed by atoms with van der Waals surface area (Å²) in [4.78, 5) is 18.8. The van der Waals surface area contributed by atoms with Crippen LogP contribution >= 0.6 is 11.8 Å². The summed E-state index contributed by atoms with van der Waals surface area (Å²) >= 11 is 1.45. The Morgan fingerprint density at radius 3 is 2.78 bits per heavy atom. The third kappa shape index (κ3) is 4.17. The number of nitrogens with zero attached hydrogens (tertiary/aromatic N) is 2. The summed E-state index contributed by atoms with van der Waals surface area (Å²) in [5.41, 5.74) is 0.940. The SMILES string of the molecule is CN(C[C@H]1COc2ccccc2O1)C(=O)CSc1ccc2ccccc2n1.